The van der Waals surface area contributed by atoms with Crippen molar-refractivity contribution in [2.24, 2.45) is 17.8 Å². The molecular formula is C15H20O11. The lowest BCUT2D eigenvalue weighted by atomic mass is 9.68. The van der Waals surface area contributed by atoms with Crippen LogP contribution in [0.4, 0.5) is 0 Å². The zero-order chi connectivity index (χ0) is 20.0. The van der Waals surface area contributed by atoms with Crippen LogP contribution >= 0.6 is 0 Å². The molecule has 1 fully saturated rings. The highest BCUT2D eigenvalue weighted by Gasteiger charge is 2.50. The Morgan fingerprint density at radius 3 is 1.58 bits per heavy atom. The van der Waals surface area contributed by atoms with Crippen molar-refractivity contribution >= 4 is 29.8 Å². The summed E-state index contributed by atoms with van der Waals surface area (Å²) in [5, 5.41) is 36.4. The third-order valence-electron chi connectivity index (χ3n) is 4.33. The predicted octanol–water partition coefficient (Wildman–Crippen LogP) is -0.326. The van der Waals surface area contributed by atoms with Crippen molar-refractivity contribution in [2.75, 3.05) is 7.11 Å². The summed E-state index contributed by atoms with van der Waals surface area (Å²) in [6.45, 7) is 0. The van der Waals surface area contributed by atoms with E-state index in [1.54, 1.807) is 0 Å². The van der Waals surface area contributed by atoms with Gasteiger partial charge < -0.3 is 29.9 Å². The fourth-order valence-electron chi connectivity index (χ4n) is 3.37. The maximum absolute atomic E-state index is 12.0. The van der Waals surface area contributed by atoms with E-state index in [0.29, 0.717) is 0 Å². The van der Waals surface area contributed by atoms with Crippen LogP contribution in [0.5, 0.6) is 0 Å². The van der Waals surface area contributed by atoms with Gasteiger partial charge in [-0.05, 0) is 11.8 Å². The Morgan fingerprint density at radius 2 is 1.15 bits per heavy atom. The van der Waals surface area contributed by atoms with E-state index >= 15 is 0 Å². The van der Waals surface area contributed by atoms with E-state index in [2.05, 4.69) is 4.74 Å². The molecule has 1 saturated heterocycles. The average molecular weight is 376 g/mol. The van der Waals surface area contributed by atoms with E-state index in [-0.39, 0.29) is 0 Å². The largest absolute Gasteiger partial charge is 0.481 e. The Labute approximate surface area is 147 Å². The molecule has 5 atom stereocenters. The first-order valence-electron chi connectivity index (χ1n) is 7.67. The molecule has 11 nitrogen and oxygen atoms in total. The molecule has 4 N–H and O–H groups in total. The second-order valence-corrected chi connectivity index (χ2v) is 6.00. The van der Waals surface area contributed by atoms with Crippen molar-refractivity contribution in [2.45, 2.75) is 37.9 Å². The Kier molecular flexibility index (Phi) is 7.50. The Hall–Kier alpha value is -2.69. The van der Waals surface area contributed by atoms with Gasteiger partial charge >= 0.3 is 29.8 Å². The second-order valence-electron chi connectivity index (χ2n) is 6.00. The van der Waals surface area contributed by atoms with Crippen LogP contribution in [-0.4, -0.2) is 69.6 Å². The molecule has 1 aliphatic rings. The third-order valence-corrected chi connectivity index (χ3v) is 4.33. The van der Waals surface area contributed by atoms with Crippen molar-refractivity contribution in [3.8, 4) is 0 Å². The van der Waals surface area contributed by atoms with Gasteiger partial charge in [0, 0.05) is 12.3 Å². The van der Waals surface area contributed by atoms with Crippen LogP contribution in [0.2, 0.25) is 0 Å². The van der Waals surface area contributed by atoms with Crippen molar-refractivity contribution < 1.29 is 53.9 Å². The Morgan fingerprint density at radius 1 is 0.731 bits per heavy atom. The van der Waals surface area contributed by atoms with Gasteiger partial charge in [0.1, 0.15) is 0 Å². The zero-order valence-electron chi connectivity index (χ0n) is 13.9. The summed E-state index contributed by atoms with van der Waals surface area (Å²) >= 11 is 0. The minimum absolute atomic E-state index is 0.625. The molecule has 0 amide bonds. The van der Waals surface area contributed by atoms with Gasteiger partial charge in [-0.1, -0.05) is 0 Å². The molecule has 0 aliphatic carbocycles. The highest BCUT2D eigenvalue weighted by atomic mass is 16.6. The summed E-state index contributed by atoms with van der Waals surface area (Å²) in [5.41, 5.74) is 0. The van der Waals surface area contributed by atoms with Crippen LogP contribution in [0.3, 0.4) is 0 Å². The highest BCUT2D eigenvalue weighted by molar-refractivity contribution is 5.78. The number of carboxylic acid groups (broad SMARTS) is 4. The van der Waals surface area contributed by atoms with Gasteiger partial charge in [-0.3, -0.25) is 19.2 Å². The van der Waals surface area contributed by atoms with Crippen LogP contribution in [0.1, 0.15) is 25.7 Å². The summed E-state index contributed by atoms with van der Waals surface area (Å²) in [4.78, 5) is 56.7. The minimum atomic E-state index is -1.50. The van der Waals surface area contributed by atoms with Crippen LogP contribution in [0, 0.1) is 17.8 Å². The molecule has 1 heterocycles. The number of aliphatic carboxylic acids is 4. The zero-order valence-corrected chi connectivity index (χ0v) is 13.9. The number of hydrogen-bond donors (Lipinski definition) is 4. The number of rotatable bonds is 9. The smallest absolute Gasteiger partial charge is 0.335 e. The van der Waals surface area contributed by atoms with E-state index in [9.17, 15) is 24.0 Å². The molecule has 1 aliphatic heterocycles. The summed E-state index contributed by atoms with van der Waals surface area (Å²) in [5.74, 6) is -9.67. The summed E-state index contributed by atoms with van der Waals surface area (Å²) < 4.78 is 9.97. The monoisotopic (exact) mass is 376 g/mol. The first kappa shape index (κ1) is 21.4. The van der Waals surface area contributed by atoms with Gasteiger partial charge in [0.25, 0.3) is 0 Å². The number of carbonyl (C=O) groups excluding carboxylic acids is 1. The van der Waals surface area contributed by atoms with Crippen molar-refractivity contribution in [3.63, 3.8) is 0 Å². The van der Waals surface area contributed by atoms with E-state index in [1.165, 1.54) is 0 Å². The topological polar surface area (TPSA) is 185 Å². The fraction of sp³-hybridized carbons (Fsp3) is 0.667. The number of carbonyl (C=O) groups is 5. The molecular weight excluding hydrogens is 356 g/mol. The quantitative estimate of drug-likeness (QED) is 0.386. The molecule has 146 valence electrons. The molecule has 26 heavy (non-hydrogen) atoms. The predicted molar refractivity (Wildman–Crippen MR) is 80.2 cm³/mol. The van der Waals surface area contributed by atoms with Crippen molar-refractivity contribution in [1.82, 2.24) is 0 Å². The van der Waals surface area contributed by atoms with E-state index < -0.39 is 85.5 Å². The average Bonchev–Trinajstić information content (AvgIpc) is 2.50. The molecule has 5 unspecified atom stereocenters. The summed E-state index contributed by atoms with van der Waals surface area (Å²) in [7, 11) is 1.02. The Bertz CT molecular complexity index is 584. The van der Waals surface area contributed by atoms with E-state index in [1.807, 2.05) is 0 Å². The lowest BCUT2D eigenvalue weighted by molar-refractivity contribution is -0.196. The minimum Gasteiger partial charge on any atom is -0.481 e. The van der Waals surface area contributed by atoms with Crippen molar-refractivity contribution in [3.05, 3.63) is 0 Å². The van der Waals surface area contributed by atoms with Gasteiger partial charge in [-0.25, -0.2) is 4.79 Å². The number of carboxylic acids is 4. The van der Waals surface area contributed by atoms with Gasteiger partial charge in [-0.15, -0.1) is 0 Å². The van der Waals surface area contributed by atoms with Crippen LogP contribution in [-0.2, 0) is 33.4 Å². The second kappa shape index (κ2) is 9.13. The first-order chi connectivity index (χ1) is 12.1. The molecule has 1 rings (SSSR count). The molecule has 0 aromatic rings. The molecule has 0 radical (unpaired) electrons. The highest BCUT2D eigenvalue weighted by Crippen LogP contribution is 2.42. The maximum Gasteiger partial charge on any atom is 0.335 e. The molecule has 0 aromatic carbocycles. The lowest BCUT2D eigenvalue weighted by Gasteiger charge is -2.44. The van der Waals surface area contributed by atoms with E-state index in [0.717, 1.165) is 7.11 Å². The van der Waals surface area contributed by atoms with E-state index in [4.69, 9.17) is 25.2 Å². The molecule has 0 aromatic heterocycles. The molecule has 0 spiro atoms. The van der Waals surface area contributed by atoms with Crippen LogP contribution in [0.25, 0.3) is 0 Å². The Balaban J connectivity index is 3.37. The summed E-state index contributed by atoms with van der Waals surface area (Å²) in [6, 6.07) is 0. The molecule has 11 heteroatoms. The third kappa shape index (κ3) is 5.69. The first-order valence-corrected chi connectivity index (χ1v) is 7.67. The van der Waals surface area contributed by atoms with Gasteiger partial charge in [0.05, 0.1) is 32.5 Å². The molecule has 0 saturated carbocycles. The van der Waals surface area contributed by atoms with Crippen molar-refractivity contribution in [1.29, 1.82) is 0 Å². The fourth-order valence-corrected chi connectivity index (χ4v) is 3.37. The van der Waals surface area contributed by atoms with Gasteiger partial charge in [0.2, 0.25) is 0 Å². The standard InChI is InChI=1S/C15H20O11/c1-25-15(24)14-8(4-12(20)21)6(2-10(16)17)7(3-11(18)19)9(26-14)5-13(22)23/h6-9,14H,2-5H2,1H3,(H,16,17)(H,18,19)(H,20,21)(H,22,23). The normalized spacial score (nSPS) is 28.1. The number of hydrogen-bond acceptors (Lipinski definition) is 7. The number of esters is 1. The van der Waals surface area contributed by atoms with Gasteiger partial charge in [-0.2, -0.15) is 0 Å². The number of ether oxygens (including phenoxy) is 2. The maximum atomic E-state index is 12.0. The summed E-state index contributed by atoms with van der Waals surface area (Å²) in [6.07, 6.45) is -5.37. The SMILES string of the molecule is COC(=O)C1OC(CC(=O)O)C(CC(=O)O)C(CC(=O)O)C1CC(=O)O. The lowest BCUT2D eigenvalue weighted by Crippen LogP contribution is -2.53. The van der Waals surface area contributed by atoms with Crippen LogP contribution in [0.15, 0.2) is 0 Å². The van der Waals surface area contributed by atoms with Crippen LogP contribution < -0.4 is 0 Å². The number of methoxy groups -OCH3 is 1. The van der Waals surface area contributed by atoms with Gasteiger partial charge in [0.15, 0.2) is 6.10 Å². The molecule has 0 bridgehead atoms.